The molecule has 0 heterocycles. The van der Waals surface area contributed by atoms with Crippen LogP contribution < -0.4 is 0 Å². The summed E-state index contributed by atoms with van der Waals surface area (Å²) in [6.45, 7) is 15.1. The van der Waals surface area contributed by atoms with Crippen LogP contribution in [0.2, 0.25) is 18.1 Å². The van der Waals surface area contributed by atoms with Crippen molar-refractivity contribution in [3.8, 4) is 0 Å². The van der Waals surface area contributed by atoms with Crippen LogP contribution in [0.25, 0.3) is 5.76 Å². The highest BCUT2D eigenvalue weighted by Crippen LogP contribution is 2.56. The Bertz CT molecular complexity index is 759. The highest BCUT2D eigenvalue weighted by molar-refractivity contribution is 6.74. The third kappa shape index (κ3) is 4.02. The molecule has 1 saturated carbocycles. The van der Waals surface area contributed by atoms with E-state index >= 15 is 0 Å². The lowest BCUT2D eigenvalue weighted by Crippen LogP contribution is -2.40. The molecule has 1 aliphatic rings. The zero-order valence-corrected chi connectivity index (χ0v) is 19.0. The molecule has 1 aromatic rings. The molecule has 5 nitrogen and oxygen atoms in total. The van der Waals surface area contributed by atoms with Gasteiger partial charge in [0, 0.05) is 5.56 Å². The quantitative estimate of drug-likeness (QED) is 0.288. The van der Waals surface area contributed by atoms with Gasteiger partial charge in [-0.25, -0.2) is 0 Å². The SMILES string of the molecule is C=C(O[Si](C)(C)C(C)(C)C)c1ccccc1CC1CC1(C(=O)OC)C(=O)OC. The van der Waals surface area contributed by atoms with Gasteiger partial charge in [0.25, 0.3) is 0 Å². The molecule has 0 amide bonds. The molecule has 1 aromatic carbocycles. The van der Waals surface area contributed by atoms with E-state index in [0.717, 1.165) is 11.1 Å². The molecule has 28 heavy (non-hydrogen) atoms. The first-order chi connectivity index (χ1) is 12.9. The van der Waals surface area contributed by atoms with Gasteiger partial charge in [0.15, 0.2) is 5.41 Å². The fourth-order valence-corrected chi connectivity index (χ4v) is 4.31. The van der Waals surface area contributed by atoms with E-state index in [0.29, 0.717) is 18.6 Å². The number of esters is 2. The molecule has 0 aromatic heterocycles. The summed E-state index contributed by atoms with van der Waals surface area (Å²) >= 11 is 0. The minimum absolute atomic E-state index is 0.0618. The van der Waals surface area contributed by atoms with Crippen molar-refractivity contribution < 1.29 is 23.5 Å². The first-order valence-electron chi connectivity index (χ1n) is 9.53. The summed E-state index contributed by atoms with van der Waals surface area (Å²) in [4.78, 5) is 24.5. The fraction of sp³-hybridized carbons (Fsp3) is 0.545. The molecule has 0 saturated heterocycles. The Balaban J connectivity index is 2.25. The molecule has 6 heteroatoms. The van der Waals surface area contributed by atoms with Gasteiger partial charge in [-0.15, -0.1) is 0 Å². The lowest BCUT2D eigenvalue weighted by atomic mass is 9.96. The predicted molar refractivity (Wildman–Crippen MR) is 112 cm³/mol. The lowest BCUT2D eigenvalue weighted by Gasteiger charge is -2.37. The number of hydrogen-bond acceptors (Lipinski definition) is 5. The van der Waals surface area contributed by atoms with Crippen molar-refractivity contribution in [3.63, 3.8) is 0 Å². The van der Waals surface area contributed by atoms with Crippen molar-refractivity contribution in [2.75, 3.05) is 14.2 Å². The third-order valence-electron chi connectivity index (χ3n) is 6.17. The number of hydrogen-bond donors (Lipinski definition) is 0. The normalized spacial score (nSPS) is 18.2. The van der Waals surface area contributed by atoms with Gasteiger partial charge in [-0.3, -0.25) is 9.59 Å². The van der Waals surface area contributed by atoms with Crippen molar-refractivity contribution in [1.29, 1.82) is 0 Å². The molecular weight excluding hydrogens is 372 g/mol. The Labute approximate surface area is 169 Å². The number of ether oxygens (including phenoxy) is 2. The Morgan fingerprint density at radius 2 is 1.68 bits per heavy atom. The van der Waals surface area contributed by atoms with Crippen LogP contribution in [0.4, 0.5) is 0 Å². The molecule has 0 N–H and O–H groups in total. The second-order valence-electron chi connectivity index (χ2n) is 9.00. The number of methoxy groups -OCH3 is 2. The Morgan fingerprint density at radius 3 is 2.18 bits per heavy atom. The van der Waals surface area contributed by atoms with Gasteiger partial charge in [0.1, 0.15) is 5.76 Å². The number of carbonyl (C=O) groups excluding carboxylic acids is 2. The van der Waals surface area contributed by atoms with Gasteiger partial charge in [-0.05, 0) is 42.5 Å². The molecule has 1 aliphatic carbocycles. The Kier molecular flexibility index (Phi) is 6.14. The van der Waals surface area contributed by atoms with Crippen LogP contribution in [-0.2, 0) is 29.9 Å². The lowest BCUT2D eigenvalue weighted by molar-refractivity contribution is -0.162. The zero-order valence-electron chi connectivity index (χ0n) is 18.0. The zero-order chi connectivity index (χ0) is 21.3. The van der Waals surface area contributed by atoms with Crippen molar-refractivity contribution in [3.05, 3.63) is 42.0 Å². The van der Waals surface area contributed by atoms with Crippen LogP contribution in [-0.4, -0.2) is 34.5 Å². The molecular formula is C22H32O5Si. The summed E-state index contributed by atoms with van der Waals surface area (Å²) in [7, 11) is 0.572. The van der Waals surface area contributed by atoms with Crippen molar-refractivity contribution in [1.82, 2.24) is 0 Å². The smallest absolute Gasteiger partial charge is 0.323 e. The average Bonchev–Trinajstić information content (AvgIpc) is 3.34. The summed E-state index contributed by atoms with van der Waals surface area (Å²) in [5, 5.41) is 0.0618. The minimum atomic E-state index is -2.02. The van der Waals surface area contributed by atoms with Gasteiger partial charge in [-0.2, -0.15) is 0 Å². The van der Waals surface area contributed by atoms with Crippen molar-refractivity contribution >= 4 is 26.0 Å². The molecule has 1 fully saturated rings. The highest BCUT2D eigenvalue weighted by atomic mass is 28.4. The molecule has 2 rings (SSSR count). The Hall–Kier alpha value is -2.08. The first-order valence-corrected chi connectivity index (χ1v) is 12.4. The van der Waals surface area contributed by atoms with Crippen LogP contribution in [0.15, 0.2) is 30.8 Å². The van der Waals surface area contributed by atoms with Crippen LogP contribution in [0.1, 0.15) is 38.3 Å². The minimum Gasteiger partial charge on any atom is -0.543 e. The molecule has 0 aliphatic heterocycles. The number of benzene rings is 1. The van der Waals surface area contributed by atoms with Gasteiger partial charge in [0.2, 0.25) is 8.32 Å². The van der Waals surface area contributed by atoms with E-state index in [2.05, 4.69) is 40.4 Å². The topological polar surface area (TPSA) is 61.8 Å². The van der Waals surface area contributed by atoms with E-state index in [-0.39, 0.29) is 11.0 Å². The molecule has 1 unspecified atom stereocenters. The number of carbonyl (C=O) groups is 2. The van der Waals surface area contributed by atoms with Gasteiger partial charge < -0.3 is 13.9 Å². The van der Waals surface area contributed by atoms with Crippen LogP contribution in [0, 0.1) is 11.3 Å². The monoisotopic (exact) mass is 404 g/mol. The van der Waals surface area contributed by atoms with E-state index in [1.165, 1.54) is 14.2 Å². The second-order valence-corrected chi connectivity index (χ2v) is 13.7. The Morgan fingerprint density at radius 1 is 1.14 bits per heavy atom. The standard InChI is InChI=1S/C22H32O5Si/c1-15(27-28(7,8)21(2,3)4)18-12-10-9-11-16(18)13-17-14-22(17,19(23)25-5)20(24)26-6/h9-12,17H,1,13-14H2,2-8H3. The largest absolute Gasteiger partial charge is 0.543 e. The maximum Gasteiger partial charge on any atom is 0.323 e. The van der Waals surface area contributed by atoms with E-state index in [1.54, 1.807) is 0 Å². The van der Waals surface area contributed by atoms with Gasteiger partial charge >= 0.3 is 11.9 Å². The number of rotatable bonds is 7. The average molecular weight is 405 g/mol. The molecule has 0 bridgehead atoms. The summed E-state index contributed by atoms with van der Waals surface area (Å²) in [6, 6.07) is 7.86. The third-order valence-corrected chi connectivity index (χ3v) is 10.5. The van der Waals surface area contributed by atoms with E-state index in [9.17, 15) is 9.59 Å². The second kappa shape index (κ2) is 7.74. The van der Waals surface area contributed by atoms with Crippen LogP contribution >= 0.6 is 0 Å². The summed E-state index contributed by atoms with van der Waals surface area (Å²) < 4.78 is 16.1. The van der Waals surface area contributed by atoms with E-state index in [4.69, 9.17) is 13.9 Å². The molecule has 154 valence electrons. The van der Waals surface area contributed by atoms with Gasteiger partial charge in [-0.1, -0.05) is 51.6 Å². The maximum atomic E-state index is 12.3. The molecule has 0 spiro atoms. The highest BCUT2D eigenvalue weighted by Gasteiger charge is 2.67. The molecule has 1 atom stereocenters. The summed E-state index contributed by atoms with van der Waals surface area (Å²) in [6.07, 6.45) is 0.983. The van der Waals surface area contributed by atoms with Crippen molar-refractivity contribution in [2.24, 2.45) is 11.3 Å². The fourth-order valence-electron chi connectivity index (χ4n) is 3.28. The predicted octanol–water partition coefficient (Wildman–Crippen LogP) is 4.57. The van der Waals surface area contributed by atoms with E-state index < -0.39 is 25.7 Å². The summed E-state index contributed by atoms with van der Waals surface area (Å²) in [5.74, 6) is -0.574. The van der Waals surface area contributed by atoms with Crippen LogP contribution in [0.5, 0.6) is 0 Å². The van der Waals surface area contributed by atoms with Crippen LogP contribution in [0.3, 0.4) is 0 Å². The van der Waals surface area contributed by atoms with E-state index in [1.807, 2.05) is 24.3 Å². The molecule has 0 radical (unpaired) electrons. The van der Waals surface area contributed by atoms with Gasteiger partial charge in [0.05, 0.1) is 14.2 Å². The summed E-state index contributed by atoms with van der Waals surface area (Å²) in [5.41, 5.74) is 0.729. The van der Waals surface area contributed by atoms with Crippen molar-refractivity contribution in [2.45, 2.75) is 51.7 Å². The first kappa shape index (κ1) is 22.2. The maximum absolute atomic E-state index is 12.3.